The van der Waals surface area contributed by atoms with Gasteiger partial charge in [0.05, 0.1) is 5.01 Å². The summed E-state index contributed by atoms with van der Waals surface area (Å²) in [5.74, 6) is 1.09. The largest absolute Gasteiger partial charge is 0.261 e. The van der Waals surface area contributed by atoms with Gasteiger partial charge < -0.3 is 0 Å². The fourth-order valence-corrected chi connectivity index (χ4v) is 2.97. The predicted molar refractivity (Wildman–Crippen MR) is 81.9 cm³/mol. The van der Waals surface area contributed by atoms with Gasteiger partial charge in [0.15, 0.2) is 0 Å². The molecule has 19 heavy (non-hydrogen) atoms. The predicted octanol–water partition coefficient (Wildman–Crippen LogP) is 4.71. The van der Waals surface area contributed by atoms with Crippen molar-refractivity contribution in [1.82, 2.24) is 9.97 Å². The Morgan fingerprint density at radius 2 is 2.05 bits per heavy atom. The molecule has 0 amide bonds. The van der Waals surface area contributed by atoms with E-state index in [-0.39, 0.29) is 0 Å². The second-order valence-corrected chi connectivity index (χ2v) is 6.39. The van der Waals surface area contributed by atoms with Gasteiger partial charge in [-0.15, -0.1) is 11.3 Å². The van der Waals surface area contributed by atoms with Crippen molar-refractivity contribution in [2.45, 2.75) is 52.4 Å². The monoisotopic (exact) mass is 274 g/mol. The van der Waals surface area contributed by atoms with Crippen molar-refractivity contribution in [2.24, 2.45) is 0 Å². The molecule has 0 spiro atoms. The highest BCUT2D eigenvalue weighted by Gasteiger charge is 2.10. The van der Waals surface area contributed by atoms with Crippen LogP contribution in [0.1, 0.15) is 61.0 Å². The van der Waals surface area contributed by atoms with Gasteiger partial charge in [-0.2, -0.15) is 0 Å². The summed E-state index contributed by atoms with van der Waals surface area (Å²) in [6, 6.07) is 4.35. The Kier molecular flexibility index (Phi) is 4.70. The Labute approximate surface area is 119 Å². The highest BCUT2D eigenvalue weighted by Crippen LogP contribution is 2.24. The van der Waals surface area contributed by atoms with Gasteiger partial charge in [0, 0.05) is 28.9 Å². The first-order valence-corrected chi connectivity index (χ1v) is 7.81. The smallest absolute Gasteiger partial charge is 0.0956 e. The normalized spacial score (nSPS) is 12.9. The fourth-order valence-electron chi connectivity index (χ4n) is 2.08. The number of aryl methyl sites for hydroxylation is 2. The molecular formula is C16H22N2S. The highest BCUT2D eigenvalue weighted by molar-refractivity contribution is 7.09. The van der Waals surface area contributed by atoms with Gasteiger partial charge in [-0.3, -0.25) is 4.98 Å². The van der Waals surface area contributed by atoms with Crippen molar-refractivity contribution in [2.75, 3.05) is 0 Å². The molecule has 3 heteroatoms. The molecule has 1 unspecified atom stereocenters. The molecule has 0 aromatic carbocycles. The number of hydrogen-bond acceptors (Lipinski definition) is 3. The van der Waals surface area contributed by atoms with E-state index in [1.807, 2.05) is 6.20 Å². The lowest BCUT2D eigenvalue weighted by molar-refractivity contribution is 0.663. The summed E-state index contributed by atoms with van der Waals surface area (Å²) < 4.78 is 0. The maximum atomic E-state index is 4.57. The number of pyridine rings is 1. The number of aromatic nitrogens is 2. The summed E-state index contributed by atoms with van der Waals surface area (Å²) >= 11 is 1.77. The zero-order valence-corrected chi connectivity index (χ0v) is 13.0. The fraction of sp³-hybridized carbons (Fsp3) is 0.500. The molecule has 0 aliphatic carbocycles. The summed E-state index contributed by atoms with van der Waals surface area (Å²) in [5, 5.41) is 3.38. The maximum absolute atomic E-state index is 4.57. The third-order valence-electron chi connectivity index (χ3n) is 3.40. The molecule has 0 aliphatic rings. The quantitative estimate of drug-likeness (QED) is 0.789. The molecule has 0 fully saturated rings. The van der Waals surface area contributed by atoms with Crippen molar-refractivity contribution >= 4 is 11.3 Å². The first-order chi connectivity index (χ1) is 9.06. The summed E-state index contributed by atoms with van der Waals surface area (Å²) in [6.45, 7) is 8.76. The minimum atomic E-state index is 0.517. The Morgan fingerprint density at radius 1 is 1.26 bits per heavy atom. The number of hydrogen-bond donors (Lipinski definition) is 0. The molecule has 2 rings (SSSR count). The zero-order valence-electron chi connectivity index (χ0n) is 12.2. The van der Waals surface area contributed by atoms with Crippen molar-refractivity contribution in [3.63, 3.8) is 0 Å². The van der Waals surface area contributed by atoms with Crippen LogP contribution in [-0.4, -0.2) is 9.97 Å². The van der Waals surface area contributed by atoms with Crippen molar-refractivity contribution in [3.05, 3.63) is 45.7 Å². The SMILES string of the molecule is Cc1csc(C(C)CCc2cc(C(C)C)ccn2)n1. The van der Waals surface area contributed by atoms with Gasteiger partial charge in [0.25, 0.3) is 0 Å². The maximum Gasteiger partial charge on any atom is 0.0956 e. The Morgan fingerprint density at radius 3 is 2.68 bits per heavy atom. The lowest BCUT2D eigenvalue weighted by Crippen LogP contribution is -1.99. The molecule has 102 valence electrons. The van der Waals surface area contributed by atoms with Crippen LogP contribution in [0.5, 0.6) is 0 Å². The van der Waals surface area contributed by atoms with Crippen LogP contribution in [0.3, 0.4) is 0 Å². The van der Waals surface area contributed by atoms with Gasteiger partial charge in [-0.25, -0.2) is 4.98 Å². The Balaban J connectivity index is 1.96. The van der Waals surface area contributed by atoms with E-state index >= 15 is 0 Å². The molecule has 2 aromatic rings. The second kappa shape index (κ2) is 6.29. The van der Waals surface area contributed by atoms with Crippen LogP contribution >= 0.6 is 11.3 Å². The molecule has 0 saturated heterocycles. The van der Waals surface area contributed by atoms with Gasteiger partial charge >= 0.3 is 0 Å². The Bertz CT molecular complexity index is 531. The van der Waals surface area contributed by atoms with Crippen LogP contribution in [0, 0.1) is 6.92 Å². The van der Waals surface area contributed by atoms with E-state index in [4.69, 9.17) is 0 Å². The van der Waals surface area contributed by atoms with Crippen LogP contribution in [0.2, 0.25) is 0 Å². The van der Waals surface area contributed by atoms with Crippen molar-refractivity contribution < 1.29 is 0 Å². The molecule has 0 aliphatic heterocycles. The average molecular weight is 274 g/mol. The van der Waals surface area contributed by atoms with Crippen LogP contribution in [0.15, 0.2) is 23.7 Å². The summed E-state index contributed by atoms with van der Waals surface area (Å²) in [7, 11) is 0. The minimum absolute atomic E-state index is 0.517. The van der Waals surface area contributed by atoms with Crippen LogP contribution < -0.4 is 0 Å². The van der Waals surface area contributed by atoms with Crippen LogP contribution in [0.25, 0.3) is 0 Å². The van der Waals surface area contributed by atoms with Gasteiger partial charge in [-0.1, -0.05) is 20.8 Å². The zero-order chi connectivity index (χ0) is 13.8. The molecule has 2 aromatic heterocycles. The first-order valence-electron chi connectivity index (χ1n) is 6.93. The van der Waals surface area contributed by atoms with E-state index in [0.29, 0.717) is 11.8 Å². The molecule has 0 radical (unpaired) electrons. The molecule has 0 saturated carbocycles. The molecule has 2 nitrogen and oxygen atoms in total. The second-order valence-electron chi connectivity index (χ2n) is 5.50. The van der Waals surface area contributed by atoms with Crippen molar-refractivity contribution in [1.29, 1.82) is 0 Å². The molecular weight excluding hydrogens is 252 g/mol. The van der Waals surface area contributed by atoms with E-state index in [1.54, 1.807) is 11.3 Å². The minimum Gasteiger partial charge on any atom is -0.261 e. The Hall–Kier alpha value is -1.22. The summed E-state index contributed by atoms with van der Waals surface area (Å²) in [4.78, 5) is 9.04. The number of nitrogens with zero attached hydrogens (tertiary/aromatic N) is 2. The standard InChI is InChI=1S/C16H22N2S/c1-11(2)14-7-8-17-15(9-14)6-5-12(3)16-18-13(4)10-19-16/h7-12H,5-6H2,1-4H3. The summed E-state index contributed by atoms with van der Waals surface area (Å²) in [5.41, 5.74) is 3.71. The number of rotatable bonds is 5. The number of thiazole rings is 1. The van der Waals surface area contributed by atoms with Gasteiger partial charge in [0.1, 0.15) is 0 Å². The van der Waals surface area contributed by atoms with E-state index < -0.39 is 0 Å². The van der Waals surface area contributed by atoms with Gasteiger partial charge in [0.2, 0.25) is 0 Å². The van der Waals surface area contributed by atoms with Crippen molar-refractivity contribution in [3.8, 4) is 0 Å². The van der Waals surface area contributed by atoms with Crippen LogP contribution in [-0.2, 0) is 6.42 Å². The average Bonchev–Trinajstić information content (AvgIpc) is 2.83. The van der Waals surface area contributed by atoms with Gasteiger partial charge in [-0.05, 0) is 43.4 Å². The third-order valence-corrected chi connectivity index (χ3v) is 4.59. The molecule has 0 bridgehead atoms. The van der Waals surface area contributed by atoms with Crippen LogP contribution in [0.4, 0.5) is 0 Å². The molecule has 2 heterocycles. The van der Waals surface area contributed by atoms with E-state index in [9.17, 15) is 0 Å². The van der Waals surface area contributed by atoms with E-state index in [0.717, 1.165) is 18.5 Å². The van der Waals surface area contributed by atoms with E-state index in [2.05, 4.69) is 55.2 Å². The molecule has 1 atom stereocenters. The third kappa shape index (κ3) is 3.87. The molecule has 0 N–H and O–H groups in total. The first kappa shape index (κ1) is 14.2. The lowest BCUT2D eigenvalue weighted by atomic mass is 10.0. The topological polar surface area (TPSA) is 25.8 Å². The van der Waals surface area contributed by atoms with E-state index in [1.165, 1.54) is 16.3 Å². The lowest BCUT2D eigenvalue weighted by Gasteiger charge is -2.10. The summed E-state index contributed by atoms with van der Waals surface area (Å²) in [6.07, 6.45) is 4.07. The highest BCUT2D eigenvalue weighted by atomic mass is 32.1.